The minimum absolute atomic E-state index is 0.0456. The van der Waals surface area contributed by atoms with E-state index in [9.17, 15) is 8.42 Å². The van der Waals surface area contributed by atoms with Crippen LogP contribution >= 0.6 is 11.8 Å². The first-order valence-electron chi connectivity index (χ1n) is 6.68. The van der Waals surface area contributed by atoms with Gasteiger partial charge in [-0.25, -0.2) is 8.42 Å². The number of hydrogen-bond acceptors (Lipinski definition) is 6. The van der Waals surface area contributed by atoms with Crippen LogP contribution in [-0.2, 0) is 9.84 Å². The summed E-state index contributed by atoms with van der Waals surface area (Å²) in [6, 6.07) is 5.35. The van der Waals surface area contributed by atoms with Crippen molar-refractivity contribution in [3.8, 4) is 11.5 Å². The molecule has 21 heavy (non-hydrogen) atoms. The number of thioether (sulfide) groups is 1. The van der Waals surface area contributed by atoms with Gasteiger partial charge in [-0.2, -0.15) is 0 Å². The molecule has 3 aliphatic rings. The van der Waals surface area contributed by atoms with E-state index in [-0.39, 0.29) is 22.8 Å². The van der Waals surface area contributed by atoms with Crippen LogP contribution in [0.4, 0.5) is 5.69 Å². The molecular formula is C13H14N2O4S2. The van der Waals surface area contributed by atoms with Gasteiger partial charge >= 0.3 is 0 Å². The number of hydrogen-bond donors (Lipinski definition) is 1. The predicted molar refractivity (Wildman–Crippen MR) is 81.5 cm³/mol. The summed E-state index contributed by atoms with van der Waals surface area (Å²) in [5.41, 5.74) is 0.793. The maximum atomic E-state index is 11.8. The van der Waals surface area contributed by atoms with Gasteiger partial charge in [0.25, 0.3) is 0 Å². The first-order chi connectivity index (χ1) is 10.0. The Hall–Kier alpha value is -1.41. The Bertz CT molecular complexity index is 719. The highest BCUT2D eigenvalue weighted by Gasteiger charge is 2.48. The fourth-order valence-electron chi connectivity index (χ4n) is 2.99. The monoisotopic (exact) mass is 326 g/mol. The summed E-state index contributed by atoms with van der Waals surface area (Å²) in [6.45, 7) is 1.04. The van der Waals surface area contributed by atoms with Crippen molar-refractivity contribution in [2.45, 2.75) is 11.3 Å². The first kappa shape index (κ1) is 13.3. The molecule has 8 heteroatoms. The fraction of sp³-hybridized carbons (Fsp3) is 0.462. The summed E-state index contributed by atoms with van der Waals surface area (Å²) < 4.78 is 34.7. The van der Waals surface area contributed by atoms with E-state index in [1.165, 1.54) is 11.8 Å². The zero-order valence-corrected chi connectivity index (χ0v) is 12.7. The number of fused-ring (bicyclic) bond motifs is 2. The molecule has 6 nitrogen and oxygen atoms in total. The van der Waals surface area contributed by atoms with E-state index in [0.717, 1.165) is 5.69 Å². The number of ether oxygens (including phenoxy) is 2. The van der Waals surface area contributed by atoms with E-state index in [2.05, 4.69) is 0 Å². The third kappa shape index (κ3) is 2.17. The zero-order chi connectivity index (χ0) is 14.6. The quantitative estimate of drug-likeness (QED) is 0.833. The molecule has 1 aromatic rings. The summed E-state index contributed by atoms with van der Waals surface area (Å²) in [5, 5.41) is 8.49. The van der Waals surface area contributed by atoms with Gasteiger partial charge in [-0.15, -0.1) is 0 Å². The average molecular weight is 326 g/mol. The number of rotatable bonds is 1. The molecule has 0 saturated carbocycles. The number of nitrogens with zero attached hydrogens (tertiary/aromatic N) is 1. The van der Waals surface area contributed by atoms with Gasteiger partial charge in [0.05, 0.1) is 17.5 Å². The van der Waals surface area contributed by atoms with Crippen LogP contribution in [0.5, 0.6) is 11.5 Å². The van der Waals surface area contributed by atoms with Gasteiger partial charge < -0.3 is 14.4 Å². The Balaban J connectivity index is 1.70. The molecular weight excluding hydrogens is 312 g/mol. The highest BCUT2D eigenvalue weighted by atomic mass is 32.2. The number of amidine groups is 1. The Morgan fingerprint density at radius 1 is 1.19 bits per heavy atom. The van der Waals surface area contributed by atoms with Gasteiger partial charge in [-0.1, -0.05) is 11.8 Å². The average Bonchev–Trinajstić information content (AvgIpc) is 2.88. The van der Waals surface area contributed by atoms with Crippen molar-refractivity contribution in [3.63, 3.8) is 0 Å². The normalized spacial score (nSPS) is 29.5. The highest BCUT2D eigenvalue weighted by Crippen LogP contribution is 2.42. The first-order valence-corrected chi connectivity index (χ1v) is 9.38. The lowest BCUT2D eigenvalue weighted by Gasteiger charge is -2.26. The van der Waals surface area contributed by atoms with E-state index in [1.807, 2.05) is 18.2 Å². The van der Waals surface area contributed by atoms with E-state index in [1.54, 1.807) is 4.90 Å². The maximum absolute atomic E-state index is 11.8. The molecule has 1 aromatic carbocycles. The predicted octanol–water partition coefficient (Wildman–Crippen LogP) is 1.11. The molecule has 2 fully saturated rings. The third-order valence-electron chi connectivity index (χ3n) is 3.89. The summed E-state index contributed by atoms with van der Waals surface area (Å²) in [5.74, 6) is 1.62. The molecule has 0 aliphatic carbocycles. The van der Waals surface area contributed by atoms with Crippen molar-refractivity contribution < 1.29 is 17.9 Å². The Morgan fingerprint density at radius 3 is 2.76 bits per heavy atom. The van der Waals surface area contributed by atoms with Crippen molar-refractivity contribution in [1.82, 2.24) is 0 Å². The van der Waals surface area contributed by atoms with Crippen LogP contribution in [0.15, 0.2) is 18.2 Å². The van der Waals surface area contributed by atoms with Crippen LogP contribution in [0.1, 0.15) is 0 Å². The molecule has 3 aliphatic heterocycles. The van der Waals surface area contributed by atoms with Crippen molar-refractivity contribution >= 4 is 32.5 Å². The summed E-state index contributed by atoms with van der Waals surface area (Å²) in [4.78, 5) is 1.80. The third-order valence-corrected chi connectivity index (χ3v) is 7.02. The molecule has 2 unspecified atom stereocenters. The Morgan fingerprint density at radius 2 is 1.95 bits per heavy atom. The van der Waals surface area contributed by atoms with Crippen LogP contribution in [0.25, 0.3) is 0 Å². The van der Waals surface area contributed by atoms with E-state index >= 15 is 0 Å². The number of nitrogens with one attached hydrogen (secondary N) is 1. The Labute approximate surface area is 126 Å². The number of benzene rings is 1. The van der Waals surface area contributed by atoms with Crippen molar-refractivity contribution in [3.05, 3.63) is 18.2 Å². The minimum Gasteiger partial charge on any atom is -0.486 e. The van der Waals surface area contributed by atoms with Gasteiger partial charge in [0.15, 0.2) is 26.5 Å². The molecule has 3 heterocycles. The molecule has 0 aromatic heterocycles. The van der Waals surface area contributed by atoms with Crippen LogP contribution in [-0.4, -0.2) is 49.6 Å². The van der Waals surface area contributed by atoms with Gasteiger partial charge in [0, 0.05) is 17.0 Å². The fourth-order valence-corrected chi connectivity index (χ4v) is 6.78. The topological polar surface area (TPSA) is 79.7 Å². The molecule has 112 valence electrons. The second-order valence-electron chi connectivity index (χ2n) is 5.30. The second-order valence-corrected chi connectivity index (χ2v) is 8.69. The van der Waals surface area contributed by atoms with Gasteiger partial charge in [0.2, 0.25) is 0 Å². The van der Waals surface area contributed by atoms with Gasteiger partial charge in [0.1, 0.15) is 13.2 Å². The van der Waals surface area contributed by atoms with Crippen LogP contribution < -0.4 is 14.4 Å². The molecule has 2 atom stereocenters. The lowest BCUT2D eigenvalue weighted by molar-refractivity contribution is 0.171. The summed E-state index contributed by atoms with van der Waals surface area (Å²) in [7, 11) is -3.00. The highest BCUT2D eigenvalue weighted by molar-refractivity contribution is 8.15. The van der Waals surface area contributed by atoms with Crippen molar-refractivity contribution in [1.29, 1.82) is 5.41 Å². The van der Waals surface area contributed by atoms with Crippen LogP contribution in [0.2, 0.25) is 0 Å². The molecule has 2 saturated heterocycles. The van der Waals surface area contributed by atoms with Gasteiger partial charge in [-0.05, 0) is 12.1 Å². The van der Waals surface area contributed by atoms with E-state index in [4.69, 9.17) is 14.9 Å². The second kappa shape index (κ2) is 4.54. The van der Waals surface area contributed by atoms with Gasteiger partial charge in [-0.3, -0.25) is 5.41 Å². The summed E-state index contributed by atoms with van der Waals surface area (Å²) in [6.07, 6.45) is 0. The van der Waals surface area contributed by atoms with E-state index in [0.29, 0.717) is 29.9 Å². The lowest BCUT2D eigenvalue weighted by Crippen LogP contribution is -2.37. The molecule has 0 bridgehead atoms. The molecule has 4 rings (SSSR count). The molecule has 0 amide bonds. The summed E-state index contributed by atoms with van der Waals surface area (Å²) >= 11 is 1.34. The lowest BCUT2D eigenvalue weighted by atomic mass is 10.2. The standard InChI is InChI=1S/C13H14N2O4S2/c14-13-15(9-6-21(16,17)7-12(9)20-13)8-1-2-10-11(5-8)19-4-3-18-10/h1-2,5,9,12,14H,3-4,6-7H2. The van der Waals surface area contributed by atoms with Crippen LogP contribution in [0.3, 0.4) is 0 Å². The largest absolute Gasteiger partial charge is 0.486 e. The molecule has 0 spiro atoms. The van der Waals surface area contributed by atoms with E-state index < -0.39 is 9.84 Å². The Kier molecular flexibility index (Phi) is 2.87. The zero-order valence-electron chi connectivity index (χ0n) is 11.1. The SMILES string of the molecule is N=C1SC2CS(=O)(=O)CC2N1c1ccc2c(c1)OCCO2. The maximum Gasteiger partial charge on any atom is 0.163 e. The van der Waals surface area contributed by atoms with Crippen LogP contribution in [0, 0.1) is 5.41 Å². The molecule has 1 N–H and O–H groups in total. The minimum atomic E-state index is -3.00. The molecule has 0 radical (unpaired) electrons. The smallest absolute Gasteiger partial charge is 0.163 e. The number of sulfone groups is 1. The van der Waals surface area contributed by atoms with Crippen molar-refractivity contribution in [2.75, 3.05) is 29.6 Å². The van der Waals surface area contributed by atoms with Crippen molar-refractivity contribution in [2.24, 2.45) is 0 Å². The number of anilines is 1.